The molecule has 7 heteroatoms. The molecule has 1 amide bonds. The topological polar surface area (TPSA) is 66.5 Å². The maximum Gasteiger partial charge on any atom is 0.244 e. The van der Waals surface area contributed by atoms with E-state index in [1.807, 2.05) is 0 Å². The van der Waals surface area contributed by atoms with Crippen LogP contribution in [0.5, 0.6) is 0 Å². The van der Waals surface area contributed by atoms with Crippen molar-refractivity contribution in [2.45, 2.75) is 31.6 Å². The summed E-state index contributed by atoms with van der Waals surface area (Å²) in [6, 6.07) is 4.54. The molecule has 21 heavy (non-hydrogen) atoms. The van der Waals surface area contributed by atoms with Gasteiger partial charge in [-0.3, -0.25) is 4.79 Å². The van der Waals surface area contributed by atoms with Gasteiger partial charge in [-0.25, -0.2) is 8.42 Å². The summed E-state index contributed by atoms with van der Waals surface area (Å²) in [7, 11) is -3.64. The molecule has 0 aromatic heterocycles. The molecule has 1 aromatic carbocycles. The lowest BCUT2D eigenvalue weighted by Gasteiger charge is -2.19. The number of sulfonamides is 1. The molecule has 5 nitrogen and oxygen atoms in total. The molecule has 0 spiro atoms. The molecule has 0 unspecified atom stereocenters. The third-order valence-electron chi connectivity index (χ3n) is 3.47. The Morgan fingerprint density at radius 2 is 1.95 bits per heavy atom. The molecule has 0 atom stereocenters. The van der Waals surface area contributed by atoms with Gasteiger partial charge in [0.25, 0.3) is 0 Å². The molecule has 2 rings (SSSR count). The zero-order chi connectivity index (χ0) is 15.6. The summed E-state index contributed by atoms with van der Waals surface area (Å²) in [5.74, 6) is -0.00738. The standard InChI is InChI=1S/C14H19ClN2O3S/c1-3-17(4-2)21(19,20)13-9-11(7-8-12(13)15)16-14(18)10-5-6-10/h7-10H,3-6H2,1-2H3,(H,16,18). The van der Waals surface area contributed by atoms with E-state index < -0.39 is 10.0 Å². The number of rotatable bonds is 6. The van der Waals surface area contributed by atoms with Crippen LogP contribution in [0.15, 0.2) is 23.1 Å². The van der Waals surface area contributed by atoms with E-state index in [0.717, 1.165) is 12.8 Å². The van der Waals surface area contributed by atoms with Gasteiger partial charge >= 0.3 is 0 Å². The number of hydrogen-bond acceptors (Lipinski definition) is 3. The minimum absolute atomic E-state index is 0.0291. The number of hydrogen-bond donors (Lipinski definition) is 1. The zero-order valence-electron chi connectivity index (χ0n) is 12.1. The normalized spacial score (nSPS) is 15.2. The smallest absolute Gasteiger partial charge is 0.244 e. The van der Waals surface area contributed by atoms with Gasteiger partial charge in [0.2, 0.25) is 15.9 Å². The summed E-state index contributed by atoms with van der Waals surface area (Å²) in [6.07, 6.45) is 1.79. The highest BCUT2D eigenvalue weighted by Crippen LogP contribution is 2.32. The van der Waals surface area contributed by atoms with E-state index in [-0.39, 0.29) is 21.7 Å². The molecule has 116 valence electrons. The van der Waals surface area contributed by atoms with Gasteiger partial charge in [0.15, 0.2) is 0 Å². The molecule has 1 saturated carbocycles. The van der Waals surface area contributed by atoms with Gasteiger partial charge in [-0.15, -0.1) is 0 Å². The fourth-order valence-corrected chi connectivity index (χ4v) is 4.03. The summed E-state index contributed by atoms with van der Waals surface area (Å²) in [5, 5.41) is 2.90. The Balaban J connectivity index is 2.32. The van der Waals surface area contributed by atoms with Crippen LogP contribution in [0.25, 0.3) is 0 Å². The van der Waals surface area contributed by atoms with Crippen molar-refractivity contribution >= 4 is 33.2 Å². The number of nitrogens with one attached hydrogen (secondary N) is 1. The predicted molar refractivity (Wildman–Crippen MR) is 82.9 cm³/mol. The number of carbonyl (C=O) groups is 1. The highest BCUT2D eigenvalue weighted by molar-refractivity contribution is 7.89. The van der Waals surface area contributed by atoms with Gasteiger partial charge in [0.05, 0.1) is 5.02 Å². The summed E-state index contributed by atoms with van der Waals surface area (Å²) in [5.41, 5.74) is 0.460. The Hall–Kier alpha value is -1.11. The molecular formula is C14H19ClN2O3S. The second-order valence-electron chi connectivity index (χ2n) is 5.00. The molecule has 1 aliphatic rings. The van der Waals surface area contributed by atoms with E-state index in [2.05, 4.69) is 5.32 Å². The fourth-order valence-electron chi connectivity index (χ4n) is 2.07. The third kappa shape index (κ3) is 3.56. The average Bonchev–Trinajstić information content (AvgIpc) is 3.26. The average molecular weight is 331 g/mol. The number of benzene rings is 1. The van der Waals surface area contributed by atoms with Crippen LogP contribution in [-0.4, -0.2) is 31.7 Å². The summed E-state index contributed by atoms with van der Waals surface area (Å²) in [4.78, 5) is 11.8. The Labute approximate surface area is 130 Å². The van der Waals surface area contributed by atoms with Crippen LogP contribution in [0.2, 0.25) is 5.02 Å². The monoisotopic (exact) mass is 330 g/mol. The highest BCUT2D eigenvalue weighted by Gasteiger charge is 2.30. The Morgan fingerprint density at radius 3 is 2.48 bits per heavy atom. The molecule has 0 bridgehead atoms. The SMILES string of the molecule is CCN(CC)S(=O)(=O)c1cc(NC(=O)C2CC2)ccc1Cl. The van der Waals surface area contributed by atoms with Crippen molar-refractivity contribution in [3.8, 4) is 0 Å². The summed E-state index contributed by atoms with van der Waals surface area (Å²) in [6.45, 7) is 4.28. The third-order valence-corrected chi connectivity index (χ3v) is 6.00. The van der Waals surface area contributed by atoms with E-state index in [1.165, 1.54) is 16.4 Å². The molecule has 0 radical (unpaired) electrons. The van der Waals surface area contributed by atoms with Crippen molar-refractivity contribution in [2.24, 2.45) is 5.92 Å². The molecule has 0 aliphatic heterocycles. The molecule has 1 aliphatic carbocycles. The maximum absolute atomic E-state index is 12.5. The van der Waals surface area contributed by atoms with Crippen LogP contribution < -0.4 is 5.32 Å². The van der Waals surface area contributed by atoms with E-state index in [4.69, 9.17) is 11.6 Å². The van der Waals surface area contributed by atoms with Gasteiger partial charge in [-0.1, -0.05) is 25.4 Å². The maximum atomic E-state index is 12.5. The molecule has 1 N–H and O–H groups in total. The lowest BCUT2D eigenvalue weighted by Crippen LogP contribution is -2.30. The van der Waals surface area contributed by atoms with Gasteiger partial charge in [-0.2, -0.15) is 4.31 Å². The fraction of sp³-hybridized carbons (Fsp3) is 0.500. The number of halogens is 1. The first kappa shape index (κ1) is 16.3. The molecule has 1 fully saturated rings. The van der Waals surface area contributed by atoms with Crippen LogP contribution >= 0.6 is 11.6 Å². The van der Waals surface area contributed by atoms with Crippen molar-refractivity contribution in [1.82, 2.24) is 4.31 Å². The summed E-state index contributed by atoms with van der Waals surface area (Å²) < 4.78 is 26.4. The molecule has 1 aromatic rings. The van der Waals surface area contributed by atoms with Crippen molar-refractivity contribution in [3.05, 3.63) is 23.2 Å². The van der Waals surface area contributed by atoms with Gasteiger partial charge < -0.3 is 5.32 Å². The molecule has 0 saturated heterocycles. The van der Waals surface area contributed by atoms with Crippen LogP contribution in [0.3, 0.4) is 0 Å². The van der Waals surface area contributed by atoms with Crippen LogP contribution in [0.1, 0.15) is 26.7 Å². The minimum atomic E-state index is -3.64. The van der Waals surface area contributed by atoms with Crippen LogP contribution in [-0.2, 0) is 14.8 Å². The van der Waals surface area contributed by atoms with Crippen molar-refractivity contribution in [1.29, 1.82) is 0 Å². The van der Waals surface area contributed by atoms with Crippen LogP contribution in [0.4, 0.5) is 5.69 Å². The summed E-state index contributed by atoms with van der Waals surface area (Å²) >= 11 is 6.03. The number of amides is 1. The first-order valence-electron chi connectivity index (χ1n) is 7.00. The Bertz CT molecular complexity index is 638. The van der Waals surface area contributed by atoms with Crippen LogP contribution in [0, 0.1) is 5.92 Å². The Morgan fingerprint density at radius 1 is 1.33 bits per heavy atom. The van der Waals surface area contributed by atoms with Crippen molar-refractivity contribution in [2.75, 3.05) is 18.4 Å². The van der Waals surface area contributed by atoms with Crippen molar-refractivity contribution < 1.29 is 13.2 Å². The second kappa shape index (κ2) is 6.34. The van der Waals surface area contributed by atoms with Gasteiger partial charge in [-0.05, 0) is 31.0 Å². The van der Waals surface area contributed by atoms with E-state index in [9.17, 15) is 13.2 Å². The second-order valence-corrected chi connectivity index (χ2v) is 7.31. The van der Waals surface area contributed by atoms with Gasteiger partial charge in [0, 0.05) is 24.7 Å². The first-order chi connectivity index (χ1) is 9.90. The lowest BCUT2D eigenvalue weighted by atomic mass is 10.3. The van der Waals surface area contributed by atoms with E-state index >= 15 is 0 Å². The number of anilines is 1. The molecular weight excluding hydrogens is 312 g/mol. The molecule has 0 heterocycles. The highest BCUT2D eigenvalue weighted by atomic mass is 35.5. The Kier molecular flexibility index (Phi) is 4.91. The predicted octanol–water partition coefficient (Wildman–Crippen LogP) is 2.72. The van der Waals surface area contributed by atoms with E-state index in [0.29, 0.717) is 18.8 Å². The van der Waals surface area contributed by atoms with Crippen molar-refractivity contribution in [3.63, 3.8) is 0 Å². The first-order valence-corrected chi connectivity index (χ1v) is 8.82. The zero-order valence-corrected chi connectivity index (χ0v) is 13.7. The van der Waals surface area contributed by atoms with Gasteiger partial charge in [0.1, 0.15) is 4.90 Å². The minimum Gasteiger partial charge on any atom is -0.326 e. The quantitative estimate of drug-likeness (QED) is 0.872. The number of carbonyl (C=O) groups excluding carboxylic acids is 1. The largest absolute Gasteiger partial charge is 0.326 e. The number of nitrogens with zero attached hydrogens (tertiary/aromatic N) is 1. The lowest BCUT2D eigenvalue weighted by molar-refractivity contribution is -0.117. The van der Waals surface area contributed by atoms with E-state index in [1.54, 1.807) is 19.9 Å².